The molecule has 0 aromatic heterocycles. The molecule has 0 saturated heterocycles. The van der Waals surface area contributed by atoms with Crippen LogP contribution in [0.15, 0.2) is 29.3 Å². The fourth-order valence-electron chi connectivity index (χ4n) is 1.68. The molecule has 0 aliphatic heterocycles. The van der Waals surface area contributed by atoms with Gasteiger partial charge in [-0.1, -0.05) is 12.1 Å². The summed E-state index contributed by atoms with van der Waals surface area (Å²) < 4.78 is 40.0. The molecule has 0 aliphatic carbocycles. The molecule has 2 N–H and O–H groups in total. The Kier molecular flexibility index (Phi) is 11.2. The summed E-state index contributed by atoms with van der Waals surface area (Å²) in [7, 11) is 1.69. The van der Waals surface area contributed by atoms with E-state index in [0.717, 1.165) is 17.9 Å². The van der Waals surface area contributed by atoms with E-state index >= 15 is 0 Å². The zero-order chi connectivity index (χ0) is 16.4. The number of guanidine groups is 1. The van der Waals surface area contributed by atoms with Crippen molar-refractivity contribution in [2.24, 2.45) is 4.99 Å². The van der Waals surface area contributed by atoms with E-state index in [9.17, 15) is 13.2 Å². The summed E-state index contributed by atoms with van der Waals surface area (Å²) in [6, 6.07) is 5.86. The predicted octanol–water partition coefficient (Wildman–Crippen LogP) is 3.27. The normalized spacial score (nSPS) is 11.6. The number of halogens is 4. The first-order chi connectivity index (χ1) is 10.4. The zero-order valence-electron chi connectivity index (χ0n) is 12.9. The minimum Gasteiger partial charge on any atom is -0.406 e. The SMILES string of the molecule is CN=C(NCCSC)NCCc1ccc(OC(F)(F)F)cc1.I. The van der Waals surface area contributed by atoms with Crippen molar-refractivity contribution in [2.45, 2.75) is 12.8 Å². The van der Waals surface area contributed by atoms with E-state index in [1.54, 1.807) is 30.9 Å². The third kappa shape index (κ3) is 10.5. The van der Waals surface area contributed by atoms with Gasteiger partial charge in [0.15, 0.2) is 5.96 Å². The van der Waals surface area contributed by atoms with E-state index in [2.05, 4.69) is 20.4 Å². The fourth-order valence-corrected chi connectivity index (χ4v) is 1.98. The third-order valence-corrected chi connectivity index (χ3v) is 3.30. The molecule has 0 heterocycles. The largest absolute Gasteiger partial charge is 0.573 e. The highest BCUT2D eigenvalue weighted by Gasteiger charge is 2.30. The highest BCUT2D eigenvalue weighted by atomic mass is 127. The molecule has 4 nitrogen and oxygen atoms in total. The Labute approximate surface area is 155 Å². The van der Waals surface area contributed by atoms with E-state index in [-0.39, 0.29) is 29.7 Å². The number of thioether (sulfide) groups is 1. The minimum absolute atomic E-state index is 0. The smallest absolute Gasteiger partial charge is 0.406 e. The van der Waals surface area contributed by atoms with Crippen LogP contribution in [-0.2, 0) is 6.42 Å². The molecule has 0 radical (unpaired) electrons. The number of hydrogen-bond donors (Lipinski definition) is 2. The molecule has 0 saturated carbocycles. The van der Waals surface area contributed by atoms with Crippen molar-refractivity contribution >= 4 is 41.7 Å². The van der Waals surface area contributed by atoms with Crippen molar-refractivity contribution in [1.29, 1.82) is 0 Å². The van der Waals surface area contributed by atoms with Crippen LogP contribution < -0.4 is 15.4 Å². The van der Waals surface area contributed by atoms with Crippen LogP contribution in [0.25, 0.3) is 0 Å². The van der Waals surface area contributed by atoms with Gasteiger partial charge in [-0.2, -0.15) is 11.8 Å². The van der Waals surface area contributed by atoms with Crippen molar-refractivity contribution in [2.75, 3.05) is 32.1 Å². The van der Waals surface area contributed by atoms with Crippen LogP contribution in [0.1, 0.15) is 5.56 Å². The average molecular weight is 463 g/mol. The Bertz CT molecular complexity index is 469. The standard InChI is InChI=1S/C14H20F3N3OS.HI/c1-18-13(20-9-10-22-2)19-8-7-11-3-5-12(6-4-11)21-14(15,16)17;/h3-6H,7-10H2,1-2H3,(H2,18,19,20);1H. The molecule has 0 aliphatic rings. The number of hydrogen-bond acceptors (Lipinski definition) is 3. The van der Waals surface area contributed by atoms with Gasteiger partial charge in [-0.3, -0.25) is 4.99 Å². The molecular weight excluding hydrogens is 442 g/mol. The highest BCUT2D eigenvalue weighted by Crippen LogP contribution is 2.22. The molecule has 132 valence electrons. The number of rotatable bonds is 7. The van der Waals surface area contributed by atoms with Gasteiger partial charge >= 0.3 is 6.36 Å². The quantitative estimate of drug-likeness (QED) is 0.282. The van der Waals surface area contributed by atoms with E-state index in [0.29, 0.717) is 18.9 Å². The second-order valence-corrected chi connectivity index (χ2v) is 5.35. The maximum atomic E-state index is 12.0. The molecule has 0 unspecified atom stereocenters. The summed E-state index contributed by atoms with van der Waals surface area (Å²) in [6.07, 6.45) is -1.95. The first-order valence-corrected chi connectivity index (χ1v) is 8.12. The number of ether oxygens (including phenoxy) is 1. The summed E-state index contributed by atoms with van der Waals surface area (Å²) in [5.41, 5.74) is 0.918. The van der Waals surface area contributed by atoms with Crippen molar-refractivity contribution in [3.05, 3.63) is 29.8 Å². The lowest BCUT2D eigenvalue weighted by molar-refractivity contribution is -0.274. The molecular formula is C14H21F3IN3OS. The molecule has 0 atom stereocenters. The van der Waals surface area contributed by atoms with Gasteiger partial charge in [0.25, 0.3) is 0 Å². The molecule has 1 aromatic rings. The molecule has 0 fully saturated rings. The second kappa shape index (κ2) is 11.7. The van der Waals surface area contributed by atoms with Gasteiger partial charge in [0, 0.05) is 25.9 Å². The molecule has 23 heavy (non-hydrogen) atoms. The summed E-state index contributed by atoms with van der Waals surface area (Å²) in [5.74, 6) is 1.49. The van der Waals surface area contributed by atoms with Crippen molar-refractivity contribution in [3.63, 3.8) is 0 Å². The molecule has 0 amide bonds. The number of alkyl halides is 3. The Hall–Kier alpha value is -0.840. The predicted molar refractivity (Wildman–Crippen MR) is 100.0 cm³/mol. The molecule has 1 aromatic carbocycles. The Balaban J connectivity index is 0.00000484. The van der Waals surface area contributed by atoms with Crippen LogP contribution in [-0.4, -0.2) is 44.5 Å². The molecule has 0 spiro atoms. The minimum atomic E-state index is -4.65. The Morgan fingerprint density at radius 3 is 2.30 bits per heavy atom. The highest BCUT2D eigenvalue weighted by molar-refractivity contribution is 14.0. The number of nitrogens with one attached hydrogen (secondary N) is 2. The van der Waals surface area contributed by atoms with E-state index < -0.39 is 6.36 Å². The lowest BCUT2D eigenvalue weighted by Crippen LogP contribution is -2.39. The lowest BCUT2D eigenvalue weighted by Gasteiger charge is -2.12. The van der Waals surface area contributed by atoms with Gasteiger partial charge in [-0.15, -0.1) is 37.1 Å². The van der Waals surface area contributed by atoms with E-state index in [1.165, 1.54) is 12.1 Å². The van der Waals surface area contributed by atoms with Gasteiger partial charge in [-0.25, -0.2) is 0 Å². The van der Waals surface area contributed by atoms with Crippen LogP contribution in [0, 0.1) is 0 Å². The average Bonchev–Trinajstić information content (AvgIpc) is 2.46. The number of aliphatic imine (C=N–C) groups is 1. The van der Waals surface area contributed by atoms with Gasteiger partial charge < -0.3 is 15.4 Å². The summed E-state index contributed by atoms with van der Waals surface area (Å²) in [4.78, 5) is 4.09. The second-order valence-electron chi connectivity index (χ2n) is 4.36. The van der Waals surface area contributed by atoms with Gasteiger partial charge in [0.2, 0.25) is 0 Å². The van der Waals surface area contributed by atoms with Gasteiger partial charge in [0.1, 0.15) is 5.75 Å². The molecule has 0 bridgehead atoms. The fraction of sp³-hybridized carbons (Fsp3) is 0.500. The first-order valence-electron chi connectivity index (χ1n) is 6.72. The number of benzene rings is 1. The van der Waals surface area contributed by atoms with Gasteiger partial charge in [0.05, 0.1) is 0 Å². The van der Waals surface area contributed by atoms with Crippen LogP contribution in [0.5, 0.6) is 5.75 Å². The molecule has 9 heteroatoms. The third-order valence-electron chi connectivity index (χ3n) is 2.69. The zero-order valence-corrected chi connectivity index (χ0v) is 16.1. The van der Waals surface area contributed by atoms with E-state index in [4.69, 9.17) is 0 Å². The summed E-state index contributed by atoms with van der Waals surface area (Å²) in [6.45, 7) is 1.46. The topological polar surface area (TPSA) is 45.7 Å². The van der Waals surface area contributed by atoms with Crippen molar-refractivity contribution < 1.29 is 17.9 Å². The van der Waals surface area contributed by atoms with Crippen molar-refractivity contribution in [1.82, 2.24) is 10.6 Å². The number of nitrogens with zero attached hydrogens (tertiary/aromatic N) is 1. The van der Waals surface area contributed by atoms with Crippen LogP contribution >= 0.6 is 35.7 Å². The Morgan fingerprint density at radius 2 is 1.78 bits per heavy atom. The van der Waals surface area contributed by atoms with E-state index in [1.807, 2.05) is 6.26 Å². The maximum Gasteiger partial charge on any atom is 0.573 e. The monoisotopic (exact) mass is 463 g/mol. The summed E-state index contributed by atoms with van der Waals surface area (Å²) >= 11 is 1.74. The lowest BCUT2D eigenvalue weighted by atomic mass is 10.1. The van der Waals surface area contributed by atoms with Gasteiger partial charge in [-0.05, 0) is 30.4 Å². The maximum absolute atomic E-state index is 12.0. The van der Waals surface area contributed by atoms with Crippen LogP contribution in [0.2, 0.25) is 0 Å². The summed E-state index contributed by atoms with van der Waals surface area (Å²) in [5, 5.41) is 6.31. The molecule has 1 rings (SSSR count). The Morgan fingerprint density at radius 1 is 1.17 bits per heavy atom. The van der Waals surface area contributed by atoms with Crippen molar-refractivity contribution in [3.8, 4) is 5.75 Å². The van der Waals surface area contributed by atoms with Crippen LogP contribution in [0.4, 0.5) is 13.2 Å². The first kappa shape index (κ1) is 22.2. The van der Waals surface area contributed by atoms with Crippen LogP contribution in [0.3, 0.4) is 0 Å².